The number of hydrogen-bond acceptors (Lipinski definition) is 2. The van der Waals surface area contributed by atoms with Crippen molar-refractivity contribution in [3.63, 3.8) is 0 Å². The zero-order valence-corrected chi connectivity index (χ0v) is 8.22. The minimum atomic E-state index is 0.111. The number of rotatable bonds is 2. The number of nitrogens with one attached hydrogen (secondary N) is 1. The molecule has 1 atom stereocenters. The first kappa shape index (κ1) is 11.4. The molecule has 0 aromatic carbocycles. The van der Waals surface area contributed by atoms with Crippen LogP contribution in [0.3, 0.4) is 0 Å². The van der Waals surface area contributed by atoms with Gasteiger partial charge in [-0.05, 0) is 13.3 Å². The number of ether oxygens (including phenoxy) is 1. The molecule has 1 unspecified atom stereocenters. The average molecular weight is 173 g/mol. The average Bonchev–Trinajstić information content (AvgIpc) is 2.60. The largest absolute Gasteiger partial charge is 0.381 e. The molecule has 1 fully saturated rings. The van der Waals surface area contributed by atoms with Crippen LogP contribution < -0.4 is 5.32 Å². The van der Waals surface area contributed by atoms with Crippen LogP contribution in [0.5, 0.6) is 0 Å². The Kier molecular flexibility index (Phi) is 6.76. The van der Waals surface area contributed by atoms with E-state index in [0.717, 1.165) is 19.6 Å². The van der Waals surface area contributed by atoms with Gasteiger partial charge in [0.1, 0.15) is 0 Å². The van der Waals surface area contributed by atoms with E-state index in [4.69, 9.17) is 4.74 Å². The monoisotopic (exact) mass is 173 g/mol. The highest BCUT2D eigenvalue weighted by molar-refractivity contribution is 5.78. The van der Waals surface area contributed by atoms with Crippen molar-refractivity contribution in [2.45, 2.75) is 27.2 Å². The number of hydrogen-bond donors (Lipinski definition) is 1. The molecule has 0 aromatic heterocycles. The maximum Gasteiger partial charge on any atom is 0.225 e. The van der Waals surface area contributed by atoms with Crippen LogP contribution in [0.1, 0.15) is 27.2 Å². The second-order valence-electron chi connectivity index (χ2n) is 2.46. The van der Waals surface area contributed by atoms with Gasteiger partial charge in [0.2, 0.25) is 5.91 Å². The van der Waals surface area contributed by atoms with Crippen molar-refractivity contribution in [2.24, 2.45) is 5.92 Å². The molecule has 1 aliphatic heterocycles. The predicted molar refractivity (Wildman–Crippen MR) is 49.0 cm³/mol. The lowest BCUT2D eigenvalue weighted by molar-refractivity contribution is -0.124. The van der Waals surface area contributed by atoms with Gasteiger partial charge >= 0.3 is 0 Å². The van der Waals surface area contributed by atoms with Crippen LogP contribution in [0.25, 0.3) is 0 Å². The Morgan fingerprint density at radius 1 is 1.58 bits per heavy atom. The highest BCUT2D eigenvalue weighted by Crippen LogP contribution is 2.11. The topological polar surface area (TPSA) is 38.3 Å². The fraction of sp³-hybridized carbons (Fsp3) is 0.889. The lowest BCUT2D eigenvalue weighted by Gasteiger charge is -2.05. The molecule has 1 aliphatic rings. The Hall–Kier alpha value is -0.570. The molecule has 72 valence electrons. The van der Waals surface area contributed by atoms with Gasteiger partial charge in [0.15, 0.2) is 0 Å². The van der Waals surface area contributed by atoms with Crippen molar-refractivity contribution in [1.29, 1.82) is 0 Å². The Labute approximate surface area is 74.5 Å². The summed E-state index contributed by atoms with van der Waals surface area (Å²) in [5.74, 6) is 0.250. The van der Waals surface area contributed by atoms with Crippen LogP contribution >= 0.6 is 0 Å². The van der Waals surface area contributed by atoms with Crippen molar-refractivity contribution in [1.82, 2.24) is 5.32 Å². The van der Waals surface area contributed by atoms with E-state index >= 15 is 0 Å². The number of carbonyl (C=O) groups excluding carboxylic acids is 1. The Balaban J connectivity index is 0.000000561. The maximum atomic E-state index is 11.1. The Morgan fingerprint density at radius 3 is 2.67 bits per heavy atom. The Bertz CT molecular complexity index is 120. The summed E-state index contributed by atoms with van der Waals surface area (Å²) in [6.07, 6.45) is 0.881. The first-order valence-electron chi connectivity index (χ1n) is 4.70. The standard InChI is InChI=1S/C7H13NO2.C2H6/c1-2-8-7(9)6-3-4-10-5-6;1-2/h6H,2-5H2,1H3,(H,8,9);1-2H3. The summed E-state index contributed by atoms with van der Waals surface area (Å²) in [4.78, 5) is 11.1. The van der Waals surface area contributed by atoms with Gasteiger partial charge in [-0.25, -0.2) is 0 Å². The van der Waals surface area contributed by atoms with Crippen LogP contribution in [0.15, 0.2) is 0 Å². The molecule has 1 saturated heterocycles. The van der Waals surface area contributed by atoms with E-state index in [1.165, 1.54) is 0 Å². The van der Waals surface area contributed by atoms with Crippen LogP contribution in [0.4, 0.5) is 0 Å². The normalized spacial score (nSPS) is 21.1. The molecule has 3 heteroatoms. The van der Waals surface area contributed by atoms with E-state index in [1.807, 2.05) is 20.8 Å². The third-order valence-corrected chi connectivity index (χ3v) is 1.65. The molecule has 0 saturated carbocycles. The van der Waals surface area contributed by atoms with Crippen LogP contribution in [-0.2, 0) is 9.53 Å². The summed E-state index contributed by atoms with van der Waals surface area (Å²) < 4.78 is 5.06. The van der Waals surface area contributed by atoms with E-state index in [2.05, 4.69) is 5.32 Å². The summed E-state index contributed by atoms with van der Waals surface area (Å²) in [7, 11) is 0. The van der Waals surface area contributed by atoms with Crippen LogP contribution in [0.2, 0.25) is 0 Å². The quantitative estimate of drug-likeness (QED) is 0.681. The second kappa shape index (κ2) is 7.10. The fourth-order valence-electron chi connectivity index (χ4n) is 1.06. The van der Waals surface area contributed by atoms with E-state index in [-0.39, 0.29) is 11.8 Å². The van der Waals surface area contributed by atoms with Gasteiger partial charge in [0.05, 0.1) is 12.5 Å². The molecule has 0 spiro atoms. The van der Waals surface area contributed by atoms with E-state index < -0.39 is 0 Å². The Morgan fingerprint density at radius 2 is 2.25 bits per heavy atom. The van der Waals surface area contributed by atoms with Gasteiger partial charge < -0.3 is 10.1 Å². The molecule has 0 bridgehead atoms. The summed E-state index contributed by atoms with van der Waals surface area (Å²) in [5, 5.41) is 2.77. The van der Waals surface area contributed by atoms with E-state index in [1.54, 1.807) is 0 Å². The van der Waals surface area contributed by atoms with Gasteiger partial charge in [0, 0.05) is 13.2 Å². The highest BCUT2D eigenvalue weighted by atomic mass is 16.5. The van der Waals surface area contributed by atoms with Crippen molar-refractivity contribution in [2.75, 3.05) is 19.8 Å². The predicted octanol–water partition coefficient (Wildman–Crippen LogP) is 1.19. The molecule has 1 rings (SSSR count). The molecule has 1 N–H and O–H groups in total. The first-order chi connectivity index (χ1) is 5.84. The van der Waals surface area contributed by atoms with Crippen LogP contribution in [-0.4, -0.2) is 25.7 Å². The van der Waals surface area contributed by atoms with Crippen molar-refractivity contribution >= 4 is 5.91 Å². The molecule has 1 amide bonds. The maximum absolute atomic E-state index is 11.1. The molecule has 0 aliphatic carbocycles. The fourth-order valence-corrected chi connectivity index (χ4v) is 1.06. The zero-order chi connectivity index (χ0) is 9.40. The van der Waals surface area contributed by atoms with Gasteiger partial charge in [-0.2, -0.15) is 0 Å². The molecule has 0 aromatic rings. The summed E-state index contributed by atoms with van der Waals surface area (Å²) in [6.45, 7) is 7.98. The van der Waals surface area contributed by atoms with Crippen LogP contribution in [0, 0.1) is 5.92 Å². The number of carbonyl (C=O) groups is 1. The summed E-state index contributed by atoms with van der Waals surface area (Å²) >= 11 is 0. The zero-order valence-electron chi connectivity index (χ0n) is 8.22. The van der Waals surface area contributed by atoms with Gasteiger partial charge in [-0.3, -0.25) is 4.79 Å². The third kappa shape index (κ3) is 3.72. The SMILES string of the molecule is CC.CCNC(=O)C1CCOC1. The molecule has 1 heterocycles. The van der Waals surface area contributed by atoms with Crippen molar-refractivity contribution in [3.05, 3.63) is 0 Å². The van der Waals surface area contributed by atoms with Crippen molar-refractivity contribution in [3.8, 4) is 0 Å². The molecule has 12 heavy (non-hydrogen) atoms. The number of amides is 1. The summed E-state index contributed by atoms with van der Waals surface area (Å²) in [6, 6.07) is 0. The second-order valence-corrected chi connectivity index (χ2v) is 2.46. The molecular weight excluding hydrogens is 154 g/mol. The molecule has 3 nitrogen and oxygen atoms in total. The van der Waals surface area contributed by atoms with Crippen molar-refractivity contribution < 1.29 is 9.53 Å². The molecule has 0 radical (unpaired) electrons. The first-order valence-corrected chi connectivity index (χ1v) is 4.70. The minimum Gasteiger partial charge on any atom is -0.381 e. The minimum absolute atomic E-state index is 0.111. The van der Waals surface area contributed by atoms with Gasteiger partial charge in [-0.15, -0.1) is 0 Å². The summed E-state index contributed by atoms with van der Waals surface area (Å²) in [5.41, 5.74) is 0. The van der Waals surface area contributed by atoms with Gasteiger partial charge in [-0.1, -0.05) is 13.8 Å². The smallest absolute Gasteiger partial charge is 0.225 e. The third-order valence-electron chi connectivity index (χ3n) is 1.65. The lowest BCUT2D eigenvalue weighted by Crippen LogP contribution is -2.30. The highest BCUT2D eigenvalue weighted by Gasteiger charge is 2.22. The van der Waals surface area contributed by atoms with E-state index in [0.29, 0.717) is 6.61 Å². The van der Waals surface area contributed by atoms with Gasteiger partial charge in [0.25, 0.3) is 0 Å². The van der Waals surface area contributed by atoms with E-state index in [9.17, 15) is 4.79 Å². The lowest BCUT2D eigenvalue weighted by atomic mass is 10.1. The molecular formula is C9H19NO2.